The first kappa shape index (κ1) is 13.9. The van der Waals surface area contributed by atoms with Gasteiger partial charge in [-0.1, -0.05) is 4.40 Å². The van der Waals surface area contributed by atoms with Crippen molar-refractivity contribution in [3.05, 3.63) is 33.1 Å². The third-order valence-corrected chi connectivity index (χ3v) is 3.67. The Bertz CT molecular complexity index is 383. The lowest BCUT2D eigenvalue weighted by Crippen LogP contribution is -2.25. The maximum Gasteiger partial charge on any atom is 0.144 e. The van der Waals surface area contributed by atoms with E-state index in [4.69, 9.17) is 0 Å². The molecule has 0 radical (unpaired) electrons. The highest BCUT2D eigenvalue weighted by molar-refractivity contribution is 14.1. The summed E-state index contributed by atoms with van der Waals surface area (Å²) in [4.78, 5) is 0. The fraction of sp³-hybridized carbons (Fsp3) is 0.364. The number of hydrogen-bond acceptors (Lipinski definition) is 2. The molecule has 1 aromatic carbocycles. The first-order chi connectivity index (χ1) is 7.29. The van der Waals surface area contributed by atoms with E-state index in [1.807, 2.05) is 43.4 Å². The summed E-state index contributed by atoms with van der Waals surface area (Å²) >= 11 is 0.720. The molecule has 5 heteroatoms. The van der Waals surface area contributed by atoms with Crippen LogP contribution in [0.25, 0.3) is 0 Å². The monoisotopic (exact) mass is 353 g/mol. The fourth-order valence-electron chi connectivity index (χ4n) is 0.917. The smallest absolute Gasteiger partial charge is 0.144 e. The van der Waals surface area contributed by atoms with Crippen LogP contribution in [-0.2, 0) is 11.4 Å². The van der Waals surface area contributed by atoms with Crippen LogP contribution in [0.2, 0.25) is 0 Å². The minimum absolute atomic E-state index is 0.310. The van der Waals surface area contributed by atoms with Gasteiger partial charge in [0.25, 0.3) is 0 Å². The molecule has 1 rings (SSSR count). The highest BCUT2D eigenvalue weighted by Gasteiger charge is 2.25. The molecular formula is C11H13FINOS. The summed E-state index contributed by atoms with van der Waals surface area (Å²) in [6, 6.07) is 4.58. The predicted octanol–water partition coefficient (Wildman–Crippen LogP) is 3.31. The molecule has 16 heavy (non-hydrogen) atoms. The van der Waals surface area contributed by atoms with Crippen LogP contribution in [0, 0.1) is 9.39 Å². The van der Waals surface area contributed by atoms with Gasteiger partial charge in [-0.25, -0.2) is 4.39 Å². The maximum absolute atomic E-state index is 13.0. The first-order valence-corrected chi connectivity index (χ1v) is 6.90. The van der Waals surface area contributed by atoms with E-state index in [0.717, 1.165) is 3.57 Å². The molecule has 0 bridgehead atoms. The Morgan fingerprint density at radius 3 is 2.50 bits per heavy atom. The Balaban J connectivity index is 2.84. The van der Waals surface area contributed by atoms with Crippen molar-refractivity contribution >= 4 is 40.2 Å². The van der Waals surface area contributed by atoms with Crippen molar-refractivity contribution in [2.24, 2.45) is 4.40 Å². The second-order valence-electron chi connectivity index (χ2n) is 4.30. The van der Waals surface area contributed by atoms with Crippen LogP contribution in [-0.4, -0.2) is 15.5 Å². The number of rotatable bonds is 2. The van der Waals surface area contributed by atoms with E-state index in [2.05, 4.69) is 4.40 Å². The van der Waals surface area contributed by atoms with Crippen LogP contribution in [0.15, 0.2) is 22.6 Å². The molecule has 0 N–H and O–H groups in total. The van der Waals surface area contributed by atoms with Crippen LogP contribution in [0.5, 0.6) is 0 Å². The van der Waals surface area contributed by atoms with Gasteiger partial charge in [0, 0.05) is 9.13 Å². The number of hydrogen-bond donors (Lipinski definition) is 0. The van der Waals surface area contributed by atoms with Gasteiger partial charge in [0.2, 0.25) is 0 Å². The van der Waals surface area contributed by atoms with Crippen molar-refractivity contribution in [3.8, 4) is 0 Å². The topological polar surface area (TPSA) is 35.4 Å². The largest absolute Gasteiger partial charge is 0.591 e. The molecule has 0 heterocycles. The van der Waals surface area contributed by atoms with Gasteiger partial charge in [0.05, 0.1) is 6.21 Å². The first-order valence-electron chi connectivity index (χ1n) is 4.71. The van der Waals surface area contributed by atoms with Gasteiger partial charge in [0.1, 0.15) is 21.9 Å². The van der Waals surface area contributed by atoms with Crippen molar-refractivity contribution in [1.82, 2.24) is 0 Å². The van der Waals surface area contributed by atoms with E-state index in [1.54, 1.807) is 6.07 Å². The lowest BCUT2D eigenvalue weighted by molar-refractivity contribution is 0.562. The average Bonchev–Trinajstić information content (AvgIpc) is 2.11. The van der Waals surface area contributed by atoms with E-state index in [-0.39, 0.29) is 5.82 Å². The van der Waals surface area contributed by atoms with E-state index < -0.39 is 16.1 Å². The minimum Gasteiger partial charge on any atom is -0.591 e. The van der Waals surface area contributed by atoms with E-state index in [0.29, 0.717) is 5.56 Å². The van der Waals surface area contributed by atoms with Crippen molar-refractivity contribution < 1.29 is 8.94 Å². The summed E-state index contributed by atoms with van der Waals surface area (Å²) in [6.07, 6.45) is 1.45. The van der Waals surface area contributed by atoms with Gasteiger partial charge in [-0.15, -0.1) is 0 Å². The van der Waals surface area contributed by atoms with Crippen LogP contribution in [0.4, 0.5) is 4.39 Å². The molecule has 0 aliphatic heterocycles. The lowest BCUT2D eigenvalue weighted by Gasteiger charge is -2.17. The van der Waals surface area contributed by atoms with Gasteiger partial charge in [0.15, 0.2) is 0 Å². The van der Waals surface area contributed by atoms with Gasteiger partial charge in [-0.3, -0.25) is 0 Å². The zero-order valence-corrected chi connectivity index (χ0v) is 12.3. The van der Waals surface area contributed by atoms with E-state index in [1.165, 1.54) is 18.3 Å². The summed E-state index contributed by atoms with van der Waals surface area (Å²) in [5.74, 6) is -0.310. The Hall–Kier alpha value is -0.140. The Kier molecular flexibility index (Phi) is 4.75. The second-order valence-corrected chi connectivity index (χ2v) is 7.48. The molecular weight excluding hydrogens is 340 g/mol. The van der Waals surface area contributed by atoms with Crippen LogP contribution >= 0.6 is 22.6 Å². The lowest BCUT2D eigenvalue weighted by atomic mass is 10.2. The maximum atomic E-state index is 13.0. The quantitative estimate of drug-likeness (QED) is 0.456. The molecule has 0 amide bonds. The molecule has 1 aromatic rings. The molecule has 88 valence electrons. The summed E-state index contributed by atoms with van der Waals surface area (Å²) in [7, 11) is 0. The van der Waals surface area contributed by atoms with Gasteiger partial charge >= 0.3 is 0 Å². The zero-order chi connectivity index (χ0) is 12.3. The summed E-state index contributed by atoms with van der Waals surface area (Å²) in [6.45, 7) is 5.53. The number of nitrogens with zero attached hydrogens (tertiary/aromatic N) is 1. The van der Waals surface area contributed by atoms with Crippen molar-refractivity contribution in [3.63, 3.8) is 0 Å². The molecule has 0 aromatic heterocycles. The average molecular weight is 353 g/mol. The summed E-state index contributed by atoms with van der Waals surface area (Å²) < 4.78 is 29.0. The Morgan fingerprint density at radius 2 is 2.00 bits per heavy atom. The molecule has 2 nitrogen and oxygen atoms in total. The van der Waals surface area contributed by atoms with Gasteiger partial charge in [-0.2, -0.15) is 0 Å². The third-order valence-electron chi connectivity index (χ3n) is 1.71. The molecule has 1 unspecified atom stereocenters. The Morgan fingerprint density at radius 1 is 1.38 bits per heavy atom. The fourth-order valence-corrected chi connectivity index (χ4v) is 2.11. The standard InChI is InChI=1S/C11H13FINOS/c1-11(2,3)16(15)14-7-8-4-9(12)6-10(13)5-8/h4-7H,1-3H3/b14-7+. The molecule has 0 spiro atoms. The zero-order valence-electron chi connectivity index (χ0n) is 9.33. The molecule has 0 fully saturated rings. The molecule has 0 saturated heterocycles. The van der Waals surface area contributed by atoms with Crippen LogP contribution in [0.1, 0.15) is 26.3 Å². The highest BCUT2D eigenvalue weighted by atomic mass is 127. The predicted molar refractivity (Wildman–Crippen MR) is 74.6 cm³/mol. The molecule has 0 aliphatic rings. The summed E-state index contributed by atoms with van der Waals surface area (Å²) in [5.41, 5.74) is 0.627. The molecule has 1 atom stereocenters. The Labute approximate surface area is 112 Å². The number of benzene rings is 1. The van der Waals surface area contributed by atoms with Gasteiger partial charge < -0.3 is 4.55 Å². The normalized spacial score (nSPS) is 14.4. The third kappa shape index (κ3) is 4.39. The van der Waals surface area contributed by atoms with Gasteiger partial charge in [-0.05, 0) is 61.6 Å². The number of halogens is 2. The van der Waals surface area contributed by atoms with E-state index >= 15 is 0 Å². The van der Waals surface area contributed by atoms with Crippen LogP contribution in [0.3, 0.4) is 0 Å². The molecule has 0 aliphatic carbocycles. The SMILES string of the molecule is CC(C)(C)[S+]([O-])/N=C/c1cc(F)cc(I)c1. The van der Waals surface area contributed by atoms with E-state index in [9.17, 15) is 8.94 Å². The van der Waals surface area contributed by atoms with Crippen molar-refractivity contribution in [2.45, 2.75) is 25.5 Å². The molecule has 0 saturated carbocycles. The van der Waals surface area contributed by atoms with Crippen molar-refractivity contribution in [2.75, 3.05) is 0 Å². The summed E-state index contributed by atoms with van der Waals surface area (Å²) in [5, 5.41) is 0. The van der Waals surface area contributed by atoms with Crippen LogP contribution < -0.4 is 0 Å². The highest BCUT2D eigenvalue weighted by Crippen LogP contribution is 2.17. The second kappa shape index (κ2) is 5.46. The minimum atomic E-state index is -1.31. The van der Waals surface area contributed by atoms with Crippen molar-refractivity contribution in [1.29, 1.82) is 0 Å².